The lowest BCUT2D eigenvalue weighted by atomic mass is 9.50. The second kappa shape index (κ2) is 11.8. The van der Waals surface area contributed by atoms with Crippen LogP contribution in [0.5, 0.6) is 0 Å². The highest BCUT2D eigenvalue weighted by Crippen LogP contribution is 2.69. The summed E-state index contributed by atoms with van der Waals surface area (Å²) in [7, 11) is 0. The smallest absolute Gasteiger partial charge is 0.0485 e. The Morgan fingerprint density at radius 1 is 0.446 bits per heavy atom. The highest BCUT2D eigenvalue weighted by atomic mass is 15.1. The minimum Gasteiger partial charge on any atom is -0.337 e. The average molecular weight is 726 g/mol. The minimum atomic E-state index is 0.129. The van der Waals surface area contributed by atoms with Crippen LogP contribution in [0.4, 0.5) is 11.4 Å². The van der Waals surface area contributed by atoms with Gasteiger partial charge in [0.25, 0.3) is 0 Å². The molecule has 8 unspecified atom stereocenters. The summed E-state index contributed by atoms with van der Waals surface area (Å²) in [5, 5.41) is 0. The van der Waals surface area contributed by atoms with Crippen LogP contribution in [-0.2, 0) is 17.4 Å². The van der Waals surface area contributed by atoms with Gasteiger partial charge in [0.1, 0.15) is 0 Å². The summed E-state index contributed by atoms with van der Waals surface area (Å²) in [5.74, 6) is 4.93. The molecular formula is C55H51N. The molecule has 6 bridgehead atoms. The van der Waals surface area contributed by atoms with Crippen molar-refractivity contribution in [3.63, 3.8) is 0 Å². The van der Waals surface area contributed by atoms with E-state index in [-0.39, 0.29) is 10.8 Å². The Labute approximate surface area is 332 Å². The normalized spacial score (nSPS) is 30.7. The van der Waals surface area contributed by atoms with Crippen LogP contribution in [-0.4, -0.2) is 0 Å². The maximum Gasteiger partial charge on any atom is 0.0485 e. The Bertz CT molecular complexity index is 2520. The molecule has 2 spiro atoms. The Morgan fingerprint density at radius 3 is 1.91 bits per heavy atom. The average Bonchev–Trinajstić information content (AvgIpc) is 3.97. The zero-order valence-electron chi connectivity index (χ0n) is 32.5. The van der Waals surface area contributed by atoms with Crippen LogP contribution in [0.1, 0.15) is 92.0 Å². The number of anilines is 2. The monoisotopic (exact) mass is 725 g/mol. The number of nitrogens with zero attached hydrogens (tertiary/aromatic N) is 1. The van der Waals surface area contributed by atoms with Gasteiger partial charge in [-0.1, -0.05) is 128 Å². The molecule has 0 saturated heterocycles. The zero-order chi connectivity index (χ0) is 36.6. The molecule has 6 fully saturated rings. The van der Waals surface area contributed by atoms with Crippen LogP contribution in [0.25, 0.3) is 33.4 Å². The first-order chi connectivity index (χ1) is 27.7. The summed E-state index contributed by atoms with van der Waals surface area (Å²) in [6.45, 7) is 0.876. The van der Waals surface area contributed by atoms with E-state index in [1.54, 1.807) is 22.3 Å². The first kappa shape index (κ1) is 32.2. The molecule has 1 heteroatoms. The van der Waals surface area contributed by atoms with Crippen molar-refractivity contribution in [1.29, 1.82) is 0 Å². The van der Waals surface area contributed by atoms with Crippen molar-refractivity contribution in [1.82, 2.24) is 0 Å². The van der Waals surface area contributed by atoms with Crippen molar-refractivity contribution in [3.05, 3.63) is 167 Å². The van der Waals surface area contributed by atoms with Gasteiger partial charge in [-0.05, 0) is 172 Å². The maximum absolute atomic E-state index is 2.70. The van der Waals surface area contributed by atoms with Crippen LogP contribution < -0.4 is 4.90 Å². The summed E-state index contributed by atoms with van der Waals surface area (Å²) in [6, 6.07) is 54.5. The summed E-state index contributed by atoms with van der Waals surface area (Å²) in [4.78, 5) is 2.70. The quantitative estimate of drug-likeness (QED) is 0.171. The largest absolute Gasteiger partial charge is 0.337 e. The second-order valence-corrected chi connectivity index (χ2v) is 19.2. The lowest BCUT2D eigenvalue weighted by molar-refractivity contribution is 0.0613. The molecule has 6 aromatic rings. The first-order valence-electron chi connectivity index (χ1n) is 22.1. The Morgan fingerprint density at radius 2 is 1.09 bits per heavy atom. The predicted octanol–water partition coefficient (Wildman–Crippen LogP) is 13.9. The summed E-state index contributed by atoms with van der Waals surface area (Å²) < 4.78 is 0. The molecule has 8 aliphatic rings. The van der Waals surface area contributed by atoms with Crippen molar-refractivity contribution in [3.8, 4) is 33.4 Å². The Balaban J connectivity index is 0.994. The third-order valence-corrected chi connectivity index (χ3v) is 16.9. The Hall–Kier alpha value is -4.88. The molecule has 6 aromatic carbocycles. The Kier molecular flexibility index (Phi) is 6.81. The molecule has 1 nitrogen and oxygen atoms in total. The van der Waals surface area contributed by atoms with Gasteiger partial charge in [-0.25, -0.2) is 0 Å². The third-order valence-electron chi connectivity index (χ3n) is 16.9. The predicted molar refractivity (Wildman–Crippen MR) is 230 cm³/mol. The molecule has 0 radical (unpaired) electrons. The number of hydrogen-bond donors (Lipinski definition) is 0. The molecule has 8 atom stereocenters. The van der Waals surface area contributed by atoms with Gasteiger partial charge in [0.05, 0.1) is 0 Å². The van der Waals surface area contributed by atoms with Crippen molar-refractivity contribution in [2.24, 2.45) is 35.5 Å². The fourth-order valence-corrected chi connectivity index (χ4v) is 15.1. The van der Waals surface area contributed by atoms with E-state index in [0.717, 1.165) is 42.1 Å². The molecule has 6 saturated carbocycles. The summed E-state index contributed by atoms with van der Waals surface area (Å²) in [5.41, 5.74) is 19.6. The lowest BCUT2D eigenvalue weighted by Gasteiger charge is -2.53. The summed E-state index contributed by atoms with van der Waals surface area (Å²) >= 11 is 0. The fourth-order valence-electron chi connectivity index (χ4n) is 15.1. The van der Waals surface area contributed by atoms with Crippen LogP contribution >= 0.6 is 0 Å². The third kappa shape index (κ3) is 4.27. The number of hydrogen-bond acceptors (Lipinski definition) is 1. The van der Waals surface area contributed by atoms with Gasteiger partial charge in [-0.3, -0.25) is 0 Å². The molecule has 0 N–H and O–H groups in total. The number of benzene rings is 6. The maximum atomic E-state index is 2.70. The molecule has 14 rings (SSSR count). The van der Waals surface area contributed by atoms with E-state index in [4.69, 9.17) is 0 Å². The molecule has 0 heterocycles. The van der Waals surface area contributed by atoms with Crippen LogP contribution in [0, 0.1) is 35.5 Å². The molecule has 0 aliphatic heterocycles. The number of rotatable bonds is 5. The highest BCUT2D eigenvalue weighted by molar-refractivity contribution is 5.86. The molecule has 56 heavy (non-hydrogen) atoms. The van der Waals surface area contributed by atoms with E-state index in [9.17, 15) is 0 Å². The van der Waals surface area contributed by atoms with Crippen LogP contribution in [0.3, 0.4) is 0 Å². The van der Waals surface area contributed by atoms with Gasteiger partial charge in [0, 0.05) is 28.7 Å². The molecule has 0 aromatic heterocycles. The van der Waals surface area contributed by atoms with E-state index in [2.05, 4.69) is 144 Å². The molecule has 0 amide bonds. The van der Waals surface area contributed by atoms with E-state index in [1.165, 1.54) is 115 Å². The van der Waals surface area contributed by atoms with Gasteiger partial charge in [0.15, 0.2) is 0 Å². The van der Waals surface area contributed by atoms with E-state index in [1.807, 2.05) is 0 Å². The van der Waals surface area contributed by atoms with Gasteiger partial charge < -0.3 is 4.90 Å². The first-order valence-corrected chi connectivity index (χ1v) is 22.1. The SMILES string of the molecule is c1ccc(-c2ccc(N(Cc3cccc4c3C3(c5ccccc5-4)C4CCC5CC(C4)CC3C5)c3ccc4c(c3)C3(CC5CCC3C5)c3ccccc3-4)cc2)cc1. The second-order valence-electron chi connectivity index (χ2n) is 19.2. The lowest BCUT2D eigenvalue weighted by Crippen LogP contribution is -2.48. The minimum absolute atomic E-state index is 0.129. The standard InChI is InChI=1S/C55H51N/c1-2-9-38(10-3-1)39-19-23-44(24-20-39)56(45-25-26-48-46-12-4-6-15-50(46)54(52(48)32-45)33-36-18-21-41(54)29-36)34-40-11-8-14-49-47-13-5-7-16-51(47)55(53(40)49)42-22-17-35-27-37(30-42)31-43(55)28-35/h1-16,19-20,23-26,32,35-37,41-43H,17-18,21-22,27-31,33-34H2. The fraction of sp³-hybridized carbons (Fsp3) is 0.345. The molecule has 8 aliphatic carbocycles. The van der Waals surface area contributed by atoms with E-state index < -0.39 is 0 Å². The van der Waals surface area contributed by atoms with Crippen LogP contribution in [0.2, 0.25) is 0 Å². The summed E-state index contributed by atoms with van der Waals surface area (Å²) in [6.07, 6.45) is 14.0. The van der Waals surface area contributed by atoms with Gasteiger partial charge in [-0.15, -0.1) is 0 Å². The van der Waals surface area contributed by atoms with Crippen molar-refractivity contribution in [2.75, 3.05) is 4.90 Å². The highest BCUT2D eigenvalue weighted by Gasteiger charge is 2.60. The van der Waals surface area contributed by atoms with E-state index >= 15 is 0 Å². The number of fused-ring (bicyclic) bond motifs is 12. The van der Waals surface area contributed by atoms with Crippen molar-refractivity contribution in [2.45, 2.75) is 81.6 Å². The van der Waals surface area contributed by atoms with Crippen molar-refractivity contribution >= 4 is 11.4 Å². The van der Waals surface area contributed by atoms with Gasteiger partial charge >= 0.3 is 0 Å². The van der Waals surface area contributed by atoms with E-state index in [0.29, 0.717) is 0 Å². The zero-order valence-corrected chi connectivity index (χ0v) is 32.5. The van der Waals surface area contributed by atoms with Gasteiger partial charge in [-0.2, -0.15) is 0 Å². The van der Waals surface area contributed by atoms with Crippen molar-refractivity contribution < 1.29 is 0 Å². The molecular weight excluding hydrogens is 675 g/mol. The van der Waals surface area contributed by atoms with Crippen LogP contribution in [0.15, 0.2) is 140 Å². The molecule has 276 valence electrons. The topological polar surface area (TPSA) is 3.24 Å². The van der Waals surface area contributed by atoms with Gasteiger partial charge in [0.2, 0.25) is 0 Å².